The number of hydrogen-bond donors (Lipinski definition) is 0. The zero-order valence-electron chi connectivity index (χ0n) is 6.50. The fraction of sp³-hybridized carbons (Fsp3) is 0.556. The molecule has 1 aliphatic rings. The monoisotopic (exact) mass is 172 g/mol. The van der Waals surface area contributed by atoms with E-state index >= 15 is 0 Å². The third kappa shape index (κ3) is 2.35. The minimum absolute atomic E-state index is 0.378. The van der Waals surface area contributed by atoms with Gasteiger partial charge in [0.25, 0.3) is 0 Å². The molecule has 0 aromatic rings. The van der Waals surface area contributed by atoms with Gasteiger partial charge in [0.1, 0.15) is 0 Å². The van der Waals surface area contributed by atoms with Gasteiger partial charge in [0.05, 0.1) is 12.7 Å². The van der Waals surface area contributed by atoms with Crippen LogP contribution in [0, 0.1) is 5.92 Å². The lowest BCUT2D eigenvalue weighted by Crippen LogP contribution is -2.38. The molecule has 2 atom stereocenters. The van der Waals surface area contributed by atoms with Gasteiger partial charge in [-0.2, -0.15) is 0 Å². The third-order valence-electron chi connectivity index (χ3n) is 1.98. The van der Waals surface area contributed by atoms with E-state index < -0.39 is 0 Å². The number of ether oxygens (including phenoxy) is 1. The van der Waals surface area contributed by atoms with Crippen LogP contribution in [0.15, 0.2) is 24.3 Å². The summed E-state index contributed by atoms with van der Waals surface area (Å²) in [5.41, 5.74) is 1.55. The van der Waals surface area contributed by atoms with Crippen LogP contribution in [0.5, 0.6) is 0 Å². The molecule has 0 aliphatic carbocycles. The van der Waals surface area contributed by atoms with Crippen molar-refractivity contribution in [1.82, 2.24) is 0 Å². The predicted molar refractivity (Wildman–Crippen MR) is 47.7 cm³/mol. The molecule has 0 spiro atoms. The predicted octanol–water partition coefficient (Wildman–Crippen LogP) is 2.72. The first kappa shape index (κ1) is 8.82. The molecule has 1 rings (SSSR count). The summed E-state index contributed by atoms with van der Waals surface area (Å²) in [6.45, 7) is 4.58. The van der Waals surface area contributed by atoms with Crippen LogP contribution in [-0.4, -0.2) is 12.7 Å². The maximum Gasteiger partial charge on any atom is 0.0663 e. The first-order valence-electron chi connectivity index (χ1n) is 3.86. The van der Waals surface area contributed by atoms with Gasteiger partial charge in [0.15, 0.2) is 0 Å². The van der Waals surface area contributed by atoms with Gasteiger partial charge in [-0.05, 0) is 12.8 Å². The zero-order valence-corrected chi connectivity index (χ0v) is 7.26. The maximum atomic E-state index is 5.40. The van der Waals surface area contributed by atoms with Crippen molar-refractivity contribution in [3.63, 3.8) is 0 Å². The summed E-state index contributed by atoms with van der Waals surface area (Å²) in [5.74, 6) is 0.667. The van der Waals surface area contributed by atoms with Gasteiger partial charge in [-0.25, -0.2) is 0 Å². The van der Waals surface area contributed by atoms with E-state index in [0.717, 1.165) is 19.4 Å². The van der Waals surface area contributed by atoms with Gasteiger partial charge in [0, 0.05) is 11.5 Å². The summed E-state index contributed by atoms with van der Waals surface area (Å²) < 4.78 is 5.34. The molecule has 1 heterocycles. The number of halogens is 1. The largest absolute Gasteiger partial charge is 0.377 e. The Morgan fingerprint density at radius 3 is 2.82 bits per heavy atom. The lowest BCUT2D eigenvalue weighted by Gasteiger charge is -2.35. The lowest BCUT2D eigenvalue weighted by atomic mass is 9.92. The van der Waals surface area contributed by atoms with Crippen LogP contribution in [0.3, 0.4) is 0 Å². The Labute approximate surface area is 72.7 Å². The minimum atomic E-state index is 0.378. The number of allylic oxidation sites excluding steroid dienone is 1. The van der Waals surface area contributed by atoms with Crippen molar-refractivity contribution in [2.75, 3.05) is 6.61 Å². The highest BCUT2D eigenvalue weighted by atomic mass is 35.5. The molecule has 0 aromatic heterocycles. The van der Waals surface area contributed by atoms with Gasteiger partial charge in [-0.3, -0.25) is 0 Å². The molecule has 0 aromatic carbocycles. The van der Waals surface area contributed by atoms with Crippen LogP contribution in [0.1, 0.15) is 12.8 Å². The second kappa shape index (κ2) is 4.58. The van der Waals surface area contributed by atoms with E-state index in [9.17, 15) is 0 Å². The topological polar surface area (TPSA) is 9.23 Å². The van der Waals surface area contributed by atoms with E-state index in [1.807, 2.05) is 12.2 Å². The average Bonchev–Trinajstić information content (AvgIpc) is 1.99. The molecule has 1 nitrogen and oxygen atoms in total. The Morgan fingerprint density at radius 1 is 1.55 bits per heavy atom. The summed E-state index contributed by atoms with van der Waals surface area (Å²) >= 11 is 5.40. The number of rotatable bonds is 4. The molecule has 2 heteroatoms. The van der Waals surface area contributed by atoms with Crippen LogP contribution >= 0.6 is 11.6 Å². The van der Waals surface area contributed by atoms with E-state index in [0.29, 0.717) is 12.0 Å². The zero-order chi connectivity index (χ0) is 8.10. The average molecular weight is 173 g/mol. The molecule has 0 amide bonds. The molecule has 1 saturated heterocycles. The van der Waals surface area contributed by atoms with Crippen LogP contribution in [0.4, 0.5) is 0 Å². The van der Waals surface area contributed by atoms with E-state index in [2.05, 4.69) is 6.58 Å². The molecule has 11 heavy (non-hydrogen) atoms. The fourth-order valence-corrected chi connectivity index (χ4v) is 1.35. The number of hydrogen-bond acceptors (Lipinski definition) is 1. The SMILES string of the molecule is C=CCC1COC1CC=CCl. The molecule has 2 unspecified atom stereocenters. The van der Waals surface area contributed by atoms with Crippen LogP contribution in [0.2, 0.25) is 0 Å². The Bertz CT molecular complexity index is 154. The molecule has 0 radical (unpaired) electrons. The Kier molecular flexibility index (Phi) is 3.67. The smallest absolute Gasteiger partial charge is 0.0663 e. The van der Waals surface area contributed by atoms with Gasteiger partial charge in [0.2, 0.25) is 0 Å². The van der Waals surface area contributed by atoms with Gasteiger partial charge < -0.3 is 4.74 Å². The minimum Gasteiger partial charge on any atom is -0.377 e. The first-order valence-corrected chi connectivity index (χ1v) is 4.30. The van der Waals surface area contributed by atoms with Crippen LogP contribution in [0.25, 0.3) is 0 Å². The van der Waals surface area contributed by atoms with Gasteiger partial charge >= 0.3 is 0 Å². The van der Waals surface area contributed by atoms with E-state index in [4.69, 9.17) is 16.3 Å². The second-order valence-electron chi connectivity index (χ2n) is 2.75. The first-order chi connectivity index (χ1) is 5.38. The summed E-state index contributed by atoms with van der Waals surface area (Å²) in [7, 11) is 0. The van der Waals surface area contributed by atoms with Crippen LogP contribution < -0.4 is 0 Å². The summed E-state index contributed by atoms with van der Waals surface area (Å²) in [6.07, 6.45) is 6.25. The summed E-state index contributed by atoms with van der Waals surface area (Å²) in [4.78, 5) is 0. The molecular weight excluding hydrogens is 160 g/mol. The molecular formula is C9H13ClO. The van der Waals surface area contributed by atoms with E-state index in [1.165, 1.54) is 0 Å². The van der Waals surface area contributed by atoms with Crippen LogP contribution in [-0.2, 0) is 4.74 Å². The Morgan fingerprint density at radius 2 is 2.36 bits per heavy atom. The van der Waals surface area contributed by atoms with Crippen molar-refractivity contribution in [2.24, 2.45) is 5.92 Å². The van der Waals surface area contributed by atoms with E-state index in [1.54, 1.807) is 5.54 Å². The highest BCUT2D eigenvalue weighted by Crippen LogP contribution is 2.26. The Balaban J connectivity index is 2.19. The van der Waals surface area contributed by atoms with Crippen molar-refractivity contribution in [3.8, 4) is 0 Å². The van der Waals surface area contributed by atoms with Crippen molar-refractivity contribution < 1.29 is 4.74 Å². The fourth-order valence-electron chi connectivity index (χ4n) is 1.25. The molecule has 1 aliphatic heterocycles. The van der Waals surface area contributed by atoms with Gasteiger partial charge in [-0.1, -0.05) is 23.8 Å². The highest BCUT2D eigenvalue weighted by molar-refractivity contribution is 6.25. The molecule has 1 fully saturated rings. The highest BCUT2D eigenvalue weighted by Gasteiger charge is 2.29. The third-order valence-corrected chi connectivity index (χ3v) is 2.16. The quantitative estimate of drug-likeness (QED) is 0.593. The second-order valence-corrected chi connectivity index (χ2v) is 3.01. The van der Waals surface area contributed by atoms with Crippen molar-refractivity contribution in [3.05, 3.63) is 24.3 Å². The molecule has 62 valence electrons. The maximum absolute atomic E-state index is 5.40. The molecule has 0 bridgehead atoms. The molecule has 0 N–H and O–H groups in total. The van der Waals surface area contributed by atoms with E-state index in [-0.39, 0.29) is 0 Å². The normalized spacial score (nSPS) is 30.3. The Hall–Kier alpha value is -0.270. The van der Waals surface area contributed by atoms with Crippen molar-refractivity contribution in [2.45, 2.75) is 18.9 Å². The van der Waals surface area contributed by atoms with Crippen molar-refractivity contribution >= 4 is 11.6 Å². The summed E-state index contributed by atoms with van der Waals surface area (Å²) in [6, 6.07) is 0. The molecule has 0 saturated carbocycles. The standard InChI is InChI=1S/C9H13ClO/c1-2-4-8-7-11-9(8)5-3-6-10/h2-3,6,8-9H,1,4-5,7H2. The lowest BCUT2D eigenvalue weighted by molar-refractivity contribution is -0.110. The summed E-state index contributed by atoms with van der Waals surface area (Å²) in [5, 5.41) is 0. The van der Waals surface area contributed by atoms with Gasteiger partial charge in [-0.15, -0.1) is 6.58 Å². The van der Waals surface area contributed by atoms with Crippen molar-refractivity contribution in [1.29, 1.82) is 0 Å².